The monoisotopic (exact) mass is 414 g/mol. The summed E-state index contributed by atoms with van der Waals surface area (Å²) >= 11 is 0. The zero-order valence-electron chi connectivity index (χ0n) is 17.4. The van der Waals surface area contributed by atoms with Crippen molar-refractivity contribution in [2.75, 3.05) is 0 Å². The molecule has 0 aromatic carbocycles. The van der Waals surface area contributed by atoms with Crippen molar-refractivity contribution in [2.45, 2.75) is 110 Å². The highest BCUT2D eigenvalue weighted by molar-refractivity contribution is 5.93. The van der Waals surface area contributed by atoms with Gasteiger partial charge in [-0.2, -0.15) is 0 Å². The number of ketones is 1. The number of hydrogen-bond acceptors (Lipinski definition) is 3. The van der Waals surface area contributed by atoms with E-state index in [1.165, 1.54) is 77.6 Å². The molecule has 5 nitrogen and oxygen atoms in total. The Bertz CT molecular complexity index is 396. The van der Waals surface area contributed by atoms with Gasteiger partial charge in [0.15, 0.2) is 17.4 Å². The molecule has 0 saturated heterocycles. The second-order valence-corrected chi connectivity index (χ2v) is 7.00. The molecule has 0 aliphatic carbocycles. The lowest BCUT2D eigenvalue weighted by Gasteiger charge is -1.99. The number of hydrogen-bond donors (Lipinski definition) is 2. The van der Waals surface area contributed by atoms with Crippen LogP contribution in [0.4, 0.5) is 0 Å². The van der Waals surface area contributed by atoms with Gasteiger partial charge in [0.2, 0.25) is 0 Å². The van der Waals surface area contributed by atoms with Gasteiger partial charge in [-0.3, -0.25) is 14.4 Å². The molecule has 0 heterocycles. The van der Waals surface area contributed by atoms with Crippen LogP contribution in [0.1, 0.15) is 110 Å². The van der Waals surface area contributed by atoms with Crippen LogP contribution in [0.15, 0.2) is 12.2 Å². The summed E-state index contributed by atoms with van der Waals surface area (Å²) in [4.78, 5) is 29.8. The average Bonchev–Trinajstić information content (AvgIpc) is 2.57. The zero-order chi connectivity index (χ0) is 20.8. The Hall–Kier alpha value is -1.12. The summed E-state index contributed by atoms with van der Waals surface area (Å²) in [7, 11) is 0. The summed E-state index contributed by atoms with van der Waals surface area (Å²) in [6, 6.07) is 0. The van der Waals surface area contributed by atoms with Gasteiger partial charge in [-0.25, -0.2) is 0 Å². The highest BCUT2D eigenvalue weighted by Gasteiger charge is 1.98. The van der Waals surface area contributed by atoms with E-state index in [9.17, 15) is 14.4 Å². The Morgan fingerprint density at radius 1 is 0.679 bits per heavy atom. The molecular weight excluding hydrogens is 371 g/mol. The maximum atomic E-state index is 10.3. The largest absolute Gasteiger partial charge is 0.481 e. The van der Waals surface area contributed by atoms with Gasteiger partial charge in [0, 0.05) is 6.42 Å². The highest BCUT2D eigenvalue weighted by atomic mass is 27.0. The van der Waals surface area contributed by atoms with Crippen LogP contribution >= 0.6 is 0 Å². The van der Waals surface area contributed by atoms with Crippen molar-refractivity contribution in [3.8, 4) is 0 Å². The van der Waals surface area contributed by atoms with Crippen molar-refractivity contribution in [1.29, 1.82) is 0 Å². The molecule has 0 aliphatic heterocycles. The number of carboxylic acid groups (broad SMARTS) is 2. The van der Waals surface area contributed by atoms with E-state index in [4.69, 9.17) is 10.2 Å². The minimum Gasteiger partial charge on any atom is -0.481 e. The van der Waals surface area contributed by atoms with Gasteiger partial charge in [0.1, 0.15) is 12.2 Å². The van der Waals surface area contributed by atoms with Crippen LogP contribution in [-0.2, 0) is 14.4 Å². The lowest BCUT2D eigenvalue weighted by Crippen LogP contribution is -2.00. The van der Waals surface area contributed by atoms with E-state index in [1.54, 1.807) is 0 Å². The van der Waals surface area contributed by atoms with E-state index in [1.807, 2.05) is 0 Å². The van der Waals surface area contributed by atoms with E-state index in [-0.39, 0.29) is 29.6 Å². The summed E-state index contributed by atoms with van der Waals surface area (Å²) in [5, 5.41) is 16.4. The van der Waals surface area contributed by atoms with Crippen molar-refractivity contribution < 1.29 is 24.6 Å². The number of carbonyl (C=O) groups is 3. The first-order valence-electron chi connectivity index (χ1n) is 10.5. The minimum absolute atomic E-state index is 0. The van der Waals surface area contributed by atoms with Crippen LogP contribution in [0.3, 0.4) is 0 Å². The molecule has 0 unspecified atom stereocenters. The van der Waals surface area contributed by atoms with Crippen molar-refractivity contribution >= 4 is 35.1 Å². The second-order valence-electron chi connectivity index (χ2n) is 7.00. The lowest BCUT2D eigenvalue weighted by atomic mass is 10.1. The third-order valence-electron chi connectivity index (χ3n) is 4.05. The van der Waals surface area contributed by atoms with Crippen molar-refractivity contribution in [2.24, 2.45) is 0 Å². The molecule has 28 heavy (non-hydrogen) atoms. The van der Waals surface area contributed by atoms with E-state index in [0.717, 1.165) is 12.8 Å². The Labute approximate surface area is 182 Å². The number of unbranched alkanes of at least 4 members (excludes halogenated alkanes) is 11. The average molecular weight is 415 g/mol. The summed E-state index contributed by atoms with van der Waals surface area (Å²) in [6.45, 7) is 3.50. The van der Waals surface area contributed by atoms with Crippen LogP contribution in [-0.4, -0.2) is 45.3 Å². The predicted octanol–water partition coefficient (Wildman–Crippen LogP) is 4.97. The van der Waals surface area contributed by atoms with E-state index < -0.39 is 11.9 Å². The molecule has 0 rings (SSSR count). The number of carbonyl (C=O) groups excluding carboxylic acids is 1. The first-order chi connectivity index (χ1) is 12.9. The van der Waals surface area contributed by atoms with Gasteiger partial charge in [-0.15, -0.1) is 0 Å². The summed E-state index contributed by atoms with van der Waals surface area (Å²) in [6.07, 6.45) is 20.9. The molecule has 164 valence electrons. The lowest BCUT2D eigenvalue weighted by molar-refractivity contribution is -0.140. The molecule has 0 atom stereocenters. The fourth-order valence-corrected chi connectivity index (χ4v) is 2.56. The maximum Gasteiger partial charge on any atom is 0.310 e. The van der Waals surface area contributed by atoms with E-state index in [2.05, 4.69) is 19.1 Å². The molecule has 2 N–H and O–H groups in total. The molecule has 0 saturated carbocycles. The van der Waals surface area contributed by atoms with Crippen LogP contribution in [0.2, 0.25) is 0 Å². The molecule has 0 aliphatic rings. The van der Waals surface area contributed by atoms with Gasteiger partial charge in [-0.1, -0.05) is 70.4 Å². The molecule has 0 radical (unpaired) electrons. The fraction of sp³-hybridized carbons (Fsp3) is 0.773. The molecule has 0 aromatic heterocycles. The third kappa shape index (κ3) is 35.9. The zero-order valence-corrected chi connectivity index (χ0v) is 17.4. The molecule has 0 spiro atoms. The van der Waals surface area contributed by atoms with Gasteiger partial charge < -0.3 is 10.2 Å². The fourth-order valence-electron chi connectivity index (χ4n) is 2.56. The Morgan fingerprint density at radius 2 is 1.11 bits per heavy atom. The van der Waals surface area contributed by atoms with Crippen LogP contribution in [0.5, 0.6) is 0 Å². The van der Waals surface area contributed by atoms with E-state index >= 15 is 0 Å². The smallest absolute Gasteiger partial charge is 0.310 e. The highest BCUT2D eigenvalue weighted by Crippen LogP contribution is 2.09. The molecular formula is C22H43AlO5. The normalized spacial score (nSPS) is 10.1. The Kier molecular flexibility index (Phi) is 29.2. The third-order valence-corrected chi connectivity index (χ3v) is 4.05. The molecule has 0 aromatic rings. The van der Waals surface area contributed by atoms with Crippen molar-refractivity contribution in [1.82, 2.24) is 0 Å². The van der Waals surface area contributed by atoms with Gasteiger partial charge in [0.05, 0.1) is 0 Å². The number of aliphatic carboxylic acids is 2. The van der Waals surface area contributed by atoms with Gasteiger partial charge in [-0.05, 0) is 39.0 Å². The number of Topliss-reactive ketones (excluding diaryl/α,β-unsaturated/α-hetero) is 1. The maximum absolute atomic E-state index is 10.3. The number of rotatable bonds is 17. The first-order valence-corrected chi connectivity index (χ1v) is 10.5. The SMILES string of the molecule is CC(=O)CC(=O)O.CCCCCCCC/C=C\CCCCCCCC(=O)O.[AlH3]. The van der Waals surface area contributed by atoms with E-state index in [0.29, 0.717) is 6.42 Å². The van der Waals surface area contributed by atoms with Crippen LogP contribution < -0.4 is 0 Å². The summed E-state index contributed by atoms with van der Waals surface area (Å²) in [5.74, 6) is -2.04. The van der Waals surface area contributed by atoms with Crippen LogP contribution in [0.25, 0.3) is 0 Å². The topological polar surface area (TPSA) is 91.7 Å². The van der Waals surface area contributed by atoms with Crippen molar-refractivity contribution in [3.63, 3.8) is 0 Å². The first kappa shape index (κ1) is 31.6. The summed E-state index contributed by atoms with van der Waals surface area (Å²) in [5.41, 5.74) is 0. The number of allylic oxidation sites excluding steroid dienone is 2. The Morgan fingerprint density at radius 3 is 1.46 bits per heavy atom. The van der Waals surface area contributed by atoms with Gasteiger partial charge in [0.25, 0.3) is 0 Å². The number of carboxylic acids is 2. The molecule has 0 fully saturated rings. The predicted molar refractivity (Wildman–Crippen MR) is 120 cm³/mol. The van der Waals surface area contributed by atoms with Crippen molar-refractivity contribution in [3.05, 3.63) is 12.2 Å². The molecule has 6 heteroatoms. The molecule has 0 bridgehead atoms. The van der Waals surface area contributed by atoms with Crippen LogP contribution in [0, 0.1) is 0 Å². The quantitative estimate of drug-likeness (QED) is 0.152. The van der Waals surface area contributed by atoms with Gasteiger partial charge >= 0.3 is 11.9 Å². The Balaban J connectivity index is -0.000000665. The minimum atomic E-state index is -1.06. The molecule has 0 amide bonds. The second kappa shape index (κ2) is 25.9. The summed E-state index contributed by atoms with van der Waals surface area (Å²) < 4.78 is 0. The standard InChI is InChI=1S/C18H34O2.C4H6O3.Al.3H/c1-2-3-4-5-6-7-8-9-10-11-12-13-14-15-16-17-18(19)20;1-3(5)2-4(6)7;;;;/h9-10H,2-8,11-17H2,1H3,(H,19,20);2H2,1H3,(H,6,7);;;;/b10-9-;;;;;.